The maximum atomic E-state index is 12.7. The standard InChI is InChI=1S/C38H40O10/c1-3-35(39)45-25-24-44-32-16-10-28(11-17-32)29-12-20-34(21-13-29)48-38(42)30-14-18-31(19-15-30)43-22-7-23-46-37(41)27(2)26-36(40)47-33-8-5-4-6-9-33/h3,10-21,33H,1-2,4-9,22-26H2. The van der Waals surface area contributed by atoms with E-state index in [9.17, 15) is 19.2 Å². The van der Waals surface area contributed by atoms with Crippen LogP contribution in [-0.4, -0.2) is 56.4 Å². The Hall–Kier alpha value is -5.38. The Balaban J connectivity index is 1.12. The molecule has 0 radical (unpaired) electrons. The van der Waals surface area contributed by atoms with Gasteiger partial charge in [-0.25, -0.2) is 14.4 Å². The van der Waals surface area contributed by atoms with Gasteiger partial charge in [0.2, 0.25) is 0 Å². The van der Waals surface area contributed by atoms with E-state index in [4.69, 9.17) is 28.4 Å². The summed E-state index contributed by atoms with van der Waals surface area (Å²) in [6.07, 6.45) is 6.26. The van der Waals surface area contributed by atoms with Gasteiger partial charge >= 0.3 is 23.9 Å². The first-order valence-electron chi connectivity index (χ1n) is 15.9. The quantitative estimate of drug-likeness (QED) is 0.0503. The van der Waals surface area contributed by atoms with Gasteiger partial charge in [-0.3, -0.25) is 4.79 Å². The van der Waals surface area contributed by atoms with Crippen LogP contribution >= 0.6 is 0 Å². The topological polar surface area (TPSA) is 124 Å². The fraction of sp³-hybridized carbons (Fsp3) is 0.316. The highest BCUT2D eigenvalue weighted by atomic mass is 16.6. The number of rotatable bonds is 17. The van der Waals surface area contributed by atoms with Crippen LogP contribution in [0.5, 0.6) is 17.2 Å². The Bertz CT molecular complexity index is 1540. The number of carbonyl (C=O) groups is 4. The number of hydrogen-bond acceptors (Lipinski definition) is 10. The van der Waals surface area contributed by atoms with E-state index in [1.54, 1.807) is 36.4 Å². The molecule has 0 bridgehead atoms. The van der Waals surface area contributed by atoms with Gasteiger partial charge in [0.15, 0.2) is 0 Å². The minimum atomic E-state index is -0.629. The summed E-state index contributed by atoms with van der Waals surface area (Å²) in [5.74, 6) is -0.496. The van der Waals surface area contributed by atoms with Crippen molar-refractivity contribution in [3.8, 4) is 28.4 Å². The largest absolute Gasteiger partial charge is 0.493 e. The molecule has 0 amide bonds. The second-order valence-corrected chi connectivity index (χ2v) is 11.1. The van der Waals surface area contributed by atoms with Crippen molar-refractivity contribution in [3.05, 3.63) is 103 Å². The molecule has 1 aliphatic rings. The molecule has 0 heterocycles. The zero-order chi connectivity index (χ0) is 34.1. The predicted octanol–water partition coefficient (Wildman–Crippen LogP) is 6.82. The van der Waals surface area contributed by atoms with Gasteiger partial charge in [-0.05, 0) is 85.3 Å². The van der Waals surface area contributed by atoms with Gasteiger partial charge in [-0.2, -0.15) is 0 Å². The first-order chi connectivity index (χ1) is 23.3. The minimum Gasteiger partial charge on any atom is -0.493 e. The number of ether oxygens (including phenoxy) is 6. The molecule has 0 unspecified atom stereocenters. The van der Waals surface area contributed by atoms with Crippen LogP contribution in [-0.2, 0) is 28.6 Å². The fourth-order valence-corrected chi connectivity index (χ4v) is 4.85. The summed E-state index contributed by atoms with van der Waals surface area (Å²) in [7, 11) is 0. The molecule has 0 aromatic heterocycles. The van der Waals surface area contributed by atoms with Crippen molar-refractivity contribution in [2.24, 2.45) is 0 Å². The predicted molar refractivity (Wildman–Crippen MR) is 178 cm³/mol. The molecule has 3 aromatic carbocycles. The maximum Gasteiger partial charge on any atom is 0.343 e. The third-order valence-electron chi connectivity index (χ3n) is 7.39. The Labute approximate surface area is 280 Å². The first-order valence-corrected chi connectivity index (χ1v) is 15.9. The fourth-order valence-electron chi connectivity index (χ4n) is 4.85. The maximum absolute atomic E-state index is 12.7. The molecular formula is C38H40O10. The van der Waals surface area contributed by atoms with Crippen LogP contribution in [0.4, 0.5) is 0 Å². The summed E-state index contributed by atoms with van der Waals surface area (Å²) in [5.41, 5.74) is 2.30. The van der Waals surface area contributed by atoms with E-state index in [0.717, 1.165) is 49.3 Å². The van der Waals surface area contributed by atoms with E-state index in [2.05, 4.69) is 13.2 Å². The van der Waals surface area contributed by atoms with Crippen LogP contribution in [0.2, 0.25) is 0 Å². The second kappa shape index (κ2) is 18.7. The lowest BCUT2D eigenvalue weighted by atomic mass is 9.98. The molecule has 0 N–H and O–H groups in total. The van der Waals surface area contributed by atoms with Crippen LogP contribution in [0.1, 0.15) is 55.3 Å². The molecule has 10 heteroatoms. The van der Waals surface area contributed by atoms with Crippen molar-refractivity contribution in [2.75, 3.05) is 26.4 Å². The SMILES string of the molecule is C=CC(=O)OCCOc1ccc(-c2ccc(OC(=O)c3ccc(OCCCOC(=O)C(=C)CC(=O)OC4CCCCC4)cc3)cc2)cc1. The molecule has 48 heavy (non-hydrogen) atoms. The van der Waals surface area contributed by atoms with Crippen LogP contribution in [0.3, 0.4) is 0 Å². The summed E-state index contributed by atoms with van der Waals surface area (Å²) in [6, 6.07) is 21.1. The normalized spacial score (nSPS) is 12.7. The van der Waals surface area contributed by atoms with Crippen molar-refractivity contribution in [1.29, 1.82) is 0 Å². The van der Waals surface area contributed by atoms with Gasteiger partial charge in [-0.15, -0.1) is 0 Å². The molecule has 3 aromatic rings. The smallest absolute Gasteiger partial charge is 0.343 e. The molecule has 4 rings (SSSR count). The molecule has 252 valence electrons. The van der Waals surface area contributed by atoms with Crippen molar-refractivity contribution < 1.29 is 47.6 Å². The molecule has 0 aliphatic heterocycles. The lowest BCUT2D eigenvalue weighted by Crippen LogP contribution is -2.22. The van der Waals surface area contributed by atoms with Crippen LogP contribution in [0, 0.1) is 0 Å². The monoisotopic (exact) mass is 656 g/mol. The first kappa shape index (κ1) is 35.5. The Kier molecular flexibility index (Phi) is 13.8. The lowest BCUT2D eigenvalue weighted by molar-refractivity contribution is -0.151. The zero-order valence-electron chi connectivity index (χ0n) is 26.9. The number of esters is 4. The third-order valence-corrected chi connectivity index (χ3v) is 7.39. The van der Waals surface area contributed by atoms with Crippen molar-refractivity contribution in [1.82, 2.24) is 0 Å². The van der Waals surface area contributed by atoms with E-state index in [-0.39, 0.29) is 44.5 Å². The highest BCUT2D eigenvalue weighted by molar-refractivity contribution is 5.93. The van der Waals surface area contributed by atoms with Gasteiger partial charge in [-0.1, -0.05) is 43.8 Å². The van der Waals surface area contributed by atoms with E-state index in [1.165, 1.54) is 0 Å². The molecule has 0 atom stereocenters. The van der Waals surface area contributed by atoms with Crippen molar-refractivity contribution >= 4 is 23.9 Å². The minimum absolute atomic E-state index is 0.0651. The Morgan fingerprint density at radius 1 is 0.688 bits per heavy atom. The van der Waals surface area contributed by atoms with Crippen molar-refractivity contribution in [2.45, 2.75) is 51.0 Å². The number of benzene rings is 3. The van der Waals surface area contributed by atoms with Gasteiger partial charge in [0, 0.05) is 18.1 Å². The summed E-state index contributed by atoms with van der Waals surface area (Å²) < 4.78 is 32.3. The molecule has 1 aliphatic carbocycles. The van der Waals surface area contributed by atoms with E-state index < -0.39 is 23.9 Å². The molecule has 1 fully saturated rings. The van der Waals surface area contributed by atoms with Crippen LogP contribution in [0.15, 0.2) is 97.6 Å². The molecule has 1 saturated carbocycles. The highest BCUT2D eigenvalue weighted by Crippen LogP contribution is 2.26. The van der Waals surface area contributed by atoms with Crippen LogP contribution in [0.25, 0.3) is 11.1 Å². The summed E-state index contributed by atoms with van der Waals surface area (Å²) in [4.78, 5) is 48.0. The third kappa shape index (κ3) is 11.8. The number of hydrogen-bond donors (Lipinski definition) is 0. The molecule has 10 nitrogen and oxygen atoms in total. The van der Waals surface area contributed by atoms with E-state index in [1.807, 2.05) is 36.4 Å². The summed E-state index contributed by atoms with van der Waals surface area (Å²) >= 11 is 0. The summed E-state index contributed by atoms with van der Waals surface area (Å²) in [6.45, 7) is 7.74. The molecule has 0 saturated heterocycles. The Morgan fingerprint density at radius 3 is 1.90 bits per heavy atom. The average molecular weight is 657 g/mol. The molecular weight excluding hydrogens is 616 g/mol. The summed E-state index contributed by atoms with van der Waals surface area (Å²) in [5, 5.41) is 0. The highest BCUT2D eigenvalue weighted by Gasteiger charge is 2.20. The van der Waals surface area contributed by atoms with Crippen LogP contribution < -0.4 is 14.2 Å². The number of carbonyl (C=O) groups excluding carboxylic acids is 4. The lowest BCUT2D eigenvalue weighted by Gasteiger charge is -2.21. The Morgan fingerprint density at radius 2 is 1.27 bits per heavy atom. The zero-order valence-corrected chi connectivity index (χ0v) is 26.9. The van der Waals surface area contributed by atoms with E-state index in [0.29, 0.717) is 29.2 Å². The average Bonchev–Trinajstić information content (AvgIpc) is 3.11. The second-order valence-electron chi connectivity index (χ2n) is 11.1. The molecule has 0 spiro atoms. The van der Waals surface area contributed by atoms with Gasteiger partial charge in [0.25, 0.3) is 0 Å². The van der Waals surface area contributed by atoms with Gasteiger partial charge in [0.05, 0.1) is 25.2 Å². The van der Waals surface area contributed by atoms with Gasteiger partial charge in [0.1, 0.15) is 36.6 Å². The van der Waals surface area contributed by atoms with Gasteiger partial charge < -0.3 is 28.4 Å². The van der Waals surface area contributed by atoms with Crippen molar-refractivity contribution in [3.63, 3.8) is 0 Å². The van der Waals surface area contributed by atoms with E-state index >= 15 is 0 Å².